The van der Waals surface area contributed by atoms with Crippen molar-refractivity contribution in [3.05, 3.63) is 35.4 Å². The number of hydrogen-bond donors (Lipinski definition) is 0. The summed E-state index contributed by atoms with van der Waals surface area (Å²) in [5.74, 6) is 0. The van der Waals surface area contributed by atoms with Crippen molar-refractivity contribution in [2.45, 2.75) is 60.4 Å². The van der Waals surface area contributed by atoms with Crippen LogP contribution in [-0.4, -0.2) is 19.0 Å². The Morgan fingerprint density at radius 1 is 0.889 bits per heavy atom. The van der Waals surface area contributed by atoms with Gasteiger partial charge in [0.05, 0.1) is 0 Å². The third kappa shape index (κ3) is 5.68. The molecule has 0 fully saturated rings. The molecule has 0 amide bonds. The first-order valence-electron chi connectivity index (χ1n) is 7.53. The van der Waals surface area contributed by atoms with E-state index < -0.39 is 0 Å². The van der Waals surface area contributed by atoms with E-state index >= 15 is 0 Å². The summed E-state index contributed by atoms with van der Waals surface area (Å²) in [6.07, 6.45) is 2.53. The van der Waals surface area contributed by atoms with Crippen molar-refractivity contribution >= 4 is 0 Å². The fourth-order valence-electron chi connectivity index (χ4n) is 2.07. The minimum Gasteiger partial charge on any atom is -0.302 e. The summed E-state index contributed by atoms with van der Waals surface area (Å²) in [5, 5.41) is 0. The fourth-order valence-corrected chi connectivity index (χ4v) is 2.07. The van der Waals surface area contributed by atoms with Gasteiger partial charge in [0.25, 0.3) is 0 Å². The quantitative estimate of drug-likeness (QED) is 0.653. The van der Waals surface area contributed by atoms with E-state index in [0.717, 1.165) is 0 Å². The Kier molecular flexibility index (Phi) is 13.7. The maximum atomic E-state index is 2.31. The second-order valence-electron chi connectivity index (χ2n) is 3.72. The zero-order valence-corrected chi connectivity index (χ0v) is 13.7. The molecule has 0 radical (unpaired) electrons. The molecule has 0 saturated heterocycles. The Labute approximate surface area is 115 Å². The summed E-state index contributed by atoms with van der Waals surface area (Å²) in [6, 6.07) is 9.44. The Bertz CT molecular complexity index is 279. The van der Waals surface area contributed by atoms with E-state index in [9.17, 15) is 0 Å². The first-order valence-corrected chi connectivity index (χ1v) is 7.53. The van der Waals surface area contributed by atoms with E-state index in [0.29, 0.717) is 6.04 Å². The minimum atomic E-state index is 0.654. The first kappa shape index (κ1) is 19.5. The van der Waals surface area contributed by atoms with Crippen molar-refractivity contribution in [2.75, 3.05) is 14.1 Å². The molecule has 0 spiro atoms. The van der Waals surface area contributed by atoms with E-state index in [1.54, 1.807) is 0 Å². The Morgan fingerprint density at radius 3 is 1.89 bits per heavy atom. The van der Waals surface area contributed by atoms with Crippen LogP contribution in [0, 0.1) is 0 Å². The molecule has 1 aliphatic carbocycles. The molecule has 1 heteroatoms. The average Bonchev–Trinajstić information content (AvgIpc) is 2.89. The molecule has 106 valence electrons. The highest BCUT2D eigenvalue weighted by atomic mass is 15.1. The summed E-state index contributed by atoms with van der Waals surface area (Å²) in [7, 11) is 4.32. The van der Waals surface area contributed by atoms with E-state index in [2.05, 4.69) is 43.3 Å². The maximum absolute atomic E-state index is 2.31. The lowest BCUT2D eigenvalue weighted by molar-refractivity contribution is 0.299. The van der Waals surface area contributed by atoms with Crippen LogP contribution in [0.15, 0.2) is 24.3 Å². The summed E-state index contributed by atoms with van der Waals surface area (Å²) >= 11 is 0. The van der Waals surface area contributed by atoms with Crippen LogP contribution in [0.3, 0.4) is 0 Å². The topological polar surface area (TPSA) is 3.24 Å². The van der Waals surface area contributed by atoms with Crippen molar-refractivity contribution < 1.29 is 0 Å². The van der Waals surface area contributed by atoms with Crippen LogP contribution in [0.4, 0.5) is 0 Å². The Morgan fingerprint density at radius 2 is 1.39 bits per heavy atom. The van der Waals surface area contributed by atoms with E-state index in [1.807, 2.05) is 41.5 Å². The molecule has 1 aromatic carbocycles. The van der Waals surface area contributed by atoms with Crippen molar-refractivity contribution in [3.8, 4) is 0 Å². The number of hydrogen-bond acceptors (Lipinski definition) is 1. The van der Waals surface area contributed by atoms with Gasteiger partial charge < -0.3 is 4.90 Å². The van der Waals surface area contributed by atoms with Gasteiger partial charge in [0, 0.05) is 6.04 Å². The molecule has 0 aliphatic heterocycles. The zero-order valence-electron chi connectivity index (χ0n) is 13.7. The van der Waals surface area contributed by atoms with E-state index in [-0.39, 0.29) is 0 Å². The number of benzene rings is 1. The van der Waals surface area contributed by atoms with Crippen LogP contribution >= 0.6 is 0 Å². The normalized spacial score (nSPS) is 15.3. The van der Waals surface area contributed by atoms with E-state index in [4.69, 9.17) is 0 Å². The summed E-state index contributed by atoms with van der Waals surface area (Å²) in [5.41, 5.74) is 3.07. The highest BCUT2D eigenvalue weighted by Crippen LogP contribution is 2.33. The van der Waals surface area contributed by atoms with Crippen LogP contribution in [0.25, 0.3) is 0 Å². The van der Waals surface area contributed by atoms with Crippen molar-refractivity contribution in [1.82, 2.24) is 4.90 Å². The number of nitrogens with zero attached hydrogens (tertiary/aromatic N) is 1. The zero-order chi connectivity index (χ0) is 14.6. The second-order valence-corrected chi connectivity index (χ2v) is 3.72. The van der Waals surface area contributed by atoms with Crippen molar-refractivity contribution in [2.24, 2.45) is 0 Å². The van der Waals surface area contributed by atoms with Crippen LogP contribution in [0.2, 0.25) is 0 Å². The van der Waals surface area contributed by atoms with Gasteiger partial charge in [-0.05, 0) is 38.1 Å². The van der Waals surface area contributed by atoms with Gasteiger partial charge in [-0.1, -0.05) is 65.8 Å². The molecule has 0 N–H and O–H groups in total. The molecule has 1 nitrogen and oxygen atoms in total. The van der Waals surface area contributed by atoms with Gasteiger partial charge in [-0.2, -0.15) is 0 Å². The van der Waals surface area contributed by atoms with Gasteiger partial charge in [0.1, 0.15) is 0 Å². The molecular weight excluding hydrogens is 218 g/mol. The van der Waals surface area contributed by atoms with Crippen molar-refractivity contribution in [3.63, 3.8) is 0 Å². The summed E-state index contributed by atoms with van der Waals surface area (Å²) in [4.78, 5) is 2.31. The average molecular weight is 251 g/mol. The molecule has 1 aromatic rings. The summed E-state index contributed by atoms with van der Waals surface area (Å²) < 4.78 is 0. The minimum absolute atomic E-state index is 0.654. The predicted molar refractivity (Wildman–Crippen MR) is 85.2 cm³/mol. The molecule has 2 rings (SSSR count). The lowest BCUT2D eigenvalue weighted by Crippen LogP contribution is -2.17. The van der Waals surface area contributed by atoms with Gasteiger partial charge in [0.2, 0.25) is 0 Å². The lowest BCUT2D eigenvalue weighted by Gasteiger charge is -2.19. The Hall–Kier alpha value is -0.820. The second kappa shape index (κ2) is 12.6. The van der Waals surface area contributed by atoms with Crippen molar-refractivity contribution in [1.29, 1.82) is 0 Å². The predicted octanol–water partition coefficient (Wildman–Crippen LogP) is 5.31. The molecule has 0 heterocycles. The van der Waals surface area contributed by atoms with Crippen LogP contribution < -0.4 is 0 Å². The highest BCUT2D eigenvalue weighted by Gasteiger charge is 2.22. The monoisotopic (exact) mass is 251 g/mol. The highest BCUT2D eigenvalue weighted by molar-refractivity contribution is 5.34. The summed E-state index contributed by atoms with van der Waals surface area (Å²) in [6.45, 7) is 12.0. The Balaban J connectivity index is 0. The van der Waals surface area contributed by atoms with Gasteiger partial charge in [-0.3, -0.25) is 0 Å². The molecule has 0 bridgehead atoms. The fraction of sp³-hybridized carbons (Fsp3) is 0.647. The smallest absolute Gasteiger partial charge is 0.0347 e. The molecule has 0 aromatic heterocycles. The van der Waals surface area contributed by atoms with Crippen LogP contribution in [0.1, 0.15) is 65.1 Å². The largest absolute Gasteiger partial charge is 0.302 e. The van der Waals surface area contributed by atoms with Crippen LogP contribution in [0.5, 0.6) is 0 Å². The molecular formula is C17H33N. The number of rotatable bonds is 1. The van der Waals surface area contributed by atoms with Gasteiger partial charge >= 0.3 is 0 Å². The molecule has 18 heavy (non-hydrogen) atoms. The standard InChI is InChI=1S/C11H15N.3C2H6/c1-12(2)11-8-7-9-5-3-4-6-10(9)11;3*1-2/h3-6,11H,7-8H2,1-2H3;3*1-2H3. The maximum Gasteiger partial charge on any atom is 0.0347 e. The number of aryl methyl sites for hydroxylation is 1. The number of fused-ring (bicyclic) bond motifs is 1. The van der Waals surface area contributed by atoms with Gasteiger partial charge in [-0.25, -0.2) is 0 Å². The molecule has 1 unspecified atom stereocenters. The lowest BCUT2D eigenvalue weighted by atomic mass is 10.1. The first-order chi connectivity index (χ1) is 8.79. The van der Waals surface area contributed by atoms with Crippen LogP contribution in [-0.2, 0) is 6.42 Å². The molecule has 0 saturated carbocycles. The van der Waals surface area contributed by atoms with E-state index in [1.165, 1.54) is 24.0 Å². The molecule has 1 atom stereocenters. The third-order valence-corrected chi connectivity index (χ3v) is 2.72. The third-order valence-electron chi connectivity index (χ3n) is 2.72. The van der Waals surface area contributed by atoms with Gasteiger partial charge in [0.15, 0.2) is 0 Å². The SMILES string of the molecule is CC.CC.CC.CN(C)C1CCc2ccccc21. The molecule has 1 aliphatic rings. The van der Waals surface area contributed by atoms with Gasteiger partial charge in [-0.15, -0.1) is 0 Å².